The molecule has 5 heteroatoms. The maximum Gasteiger partial charge on any atom is 0.259 e. The zero-order valence-corrected chi connectivity index (χ0v) is 17.2. The summed E-state index contributed by atoms with van der Waals surface area (Å²) in [6, 6.07) is 24.7. The van der Waals surface area contributed by atoms with Gasteiger partial charge in [0, 0.05) is 24.8 Å². The molecule has 0 aliphatic heterocycles. The fourth-order valence-corrected chi connectivity index (χ4v) is 2.93. The number of benzene rings is 3. The molecule has 3 rings (SSSR count). The van der Waals surface area contributed by atoms with Crippen molar-refractivity contribution in [2.24, 2.45) is 0 Å². The van der Waals surface area contributed by atoms with Gasteiger partial charge in [0.2, 0.25) is 0 Å². The highest BCUT2D eigenvalue weighted by Crippen LogP contribution is 2.22. The van der Waals surface area contributed by atoms with E-state index in [-0.39, 0.29) is 5.91 Å². The summed E-state index contributed by atoms with van der Waals surface area (Å²) in [5.74, 6) is 1.02. The molecule has 0 bridgehead atoms. The third-order valence-electron chi connectivity index (χ3n) is 4.42. The normalized spacial score (nSPS) is 10.4. The summed E-state index contributed by atoms with van der Waals surface area (Å²) in [6.07, 6.45) is 0.776. The van der Waals surface area contributed by atoms with Gasteiger partial charge in [-0.3, -0.25) is 4.79 Å². The molecule has 0 atom stereocenters. The van der Waals surface area contributed by atoms with Crippen LogP contribution >= 0.6 is 0 Å². The van der Waals surface area contributed by atoms with Gasteiger partial charge >= 0.3 is 0 Å². The quantitative estimate of drug-likeness (QED) is 0.457. The second kappa shape index (κ2) is 11.6. The zero-order chi connectivity index (χ0) is 21.0. The van der Waals surface area contributed by atoms with Crippen LogP contribution in [0.25, 0.3) is 0 Å². The van der Waals surface area contributed by atoms with Crippen LogP contribution in [-0.2, 0) is 11.2 Å². The van der Waals surface area contributed by atoms with Crippen LogP contribution in [0.5, 0.6) is 11.5 Å². The minimum atomic E-state index is -0.225. The predicted molar refractivity (Wildman–Crippen MR) is 118 cm³/mol. The van der Waals surface area contributed by atoms with E-state index >= 15 is 0 Å². The number of hydrogen-bond acceptors (Lipinski definition) is 4. The molecule has 156 valence electrons. The number of hydrogen-bond donors (Lipinski definition) is 1. The van der Waals surface area contributed by atoms with Crippen molar-refractivity contribution in [3.63, 3.8) is 0 Å². The molecule has 0 fully saturated rings. The summed E-state index contributed by atoms with van der Waals surface area (Å²) in [4.78, 5) is 12.8. The van der Waals surface area contributed by atoms with Crippen LogP contribution in [0.1, 0.15) is 22.8 Å². The van der Waals surface area contributed by atoms with Crippen LogP contribution in [0.3, 0.4) is 0 Å². The van der Waals surface area contributed by atoms with Gasteiger partial charge < -0.3 is 19.5 Å². The van der Waals surface area contributed by atoms with Crippen molar-refractivity contribution >= 4 is 11.6 Å². The number of nitrogens with one attached hydrogen (secondary N) is 1. The lowest BCUT2D eigenvalue weighted by Gasteiger charge is -2.13. The standard InChI is InChI=1S/C25H27NO4/c1-2-28-17-18-29-22-12-8-11-21(19-22)26-25(27)23-13-6-7-14-24(23)30-16-15-20-9-4-3-5-10-20/h3-14,19H,2,15-18H2,1H3,(H,26,27). The third kappa shape index (κ3) is 6.64. The summed E-state index contributed by atoms with van der Waals surface area (Å²) in [5.41, 5.74) is 2.35. The Kier molecular flexibility index (Phi) is 8.30. The Hall–Kier alpha value is -3.31. The van der Waals surface area contributed by atoms with Gasteiger partial charge in [-0.2, -0.15) is 0 Å². The topological polar surface area (TPSA) is 56.8 Å². The first-order valence-corrected chi connectivity index (χ1v) is 10.1. The molecule has 0 radical (unpaired) electrons. The molecule has 0 spiro atoms. The Morgan fingerprint density at radius 1 is 0.833 bits per heavy atom. The van der Waals surface area contributed by atoms with Crippen molar-refractivity contribution in [1.29, 1.82) is 0 Å². The van der Waals surface area contributed by atoms with Gasteiger partial charge in [0.1, 0.15) is 18.1 Å². The second-order valence-corrected chi connectivity index (χ2v) is 6.61. The molecule has 0 saturated carbocycles. The maximum atomic E-state index is 12.8. The van der Waals surface area contributed by atoms with Gasteiger partial charge in [0.25, 0.3) is 5.91 Å². The smallest absolute Gasteiger partial charge is 0.259 e. The second-order valence-electron chi connectivity index (χ2n) is 6.61. The van der Waals surface area contributed by atoms with Crippen LogP contribution in [-0.4, -0.2) is 32.3 Å². The fraction of sp³-hybridized carbons (Fsp3) is 0.240. The number of carbonyl (C=O) groups is 1. The molecule has 0 unspecified atom stereocenters. The monoisotopic (exact) mass is 405 g/mol. The summed E-state index contributed by atoms with van der Waals surface area (Å²) in [7, 11) is 0. The molecular weight excluding hydrogens is 378 g/mol. The molecule has 0 aliphatic carbocycles. The Morgan fingerprint density at radius 3 is 2.47 bits per heavy atom. The molecule has 1 N–H and O–H groups in total. The molecule has 0 heterocycles. The lowest BCUT2D eigenvalue weighted by Crippen LogP contribution is -2.14. The molecule has 3 aromatic carbocycles. The average molecular weight is 405 g/mol. The van der Waals surface area contributed by atoms with Crippen molar-refractivity contribution in [3.8, 4) is 11.5 Å². The van der Waals surface area contributed by atoms with Crippen LogP contribution in [0.4, 0.5) is 5.69 Å². The summed E-state index contributed by atoms with van der Waals surface area (Å²) >= 11 is 0. The highest BCUT2D eigenvalue weighted by molar-refractivity contribution is 6.06. The first-order valence-electron chi connectivity index (χ1n) is 10.1. The number of amides is 1. The summed E-state index contributed by atoms with van der Waals surface area (Å²) in [6.45, 7) is 4.09. The van der Waals surface area contributed by atoms with Gasteiger partial charge in [-0.25, -0.2) is 0 Å². The van der Waals surface area contributed by atoms with Gasteiger partial charge in [0.15, 0.2) is 0 Å². The van der Waals surface area contributed by atoms with E-state index < -0.39 is 0 Å². The number of anilines is 1. The minimum absolute atomic E-state index is 0.225. The van der Waals surface area contributed by atoms with E-state index in [0.29, 0.717) is 49.2 Å². The van der Waals surface area contributed by atoms with E-state index in [1.807, 2.05) is 61.5 Å². The first kappa shape index (κ1) is 21.4. The van der Waals surface area contributed by atoms with E-state index in [1.54, 1.807) is 12.1 Å². The van der Waals surface area contributed by atoms with E-state index in [2.05, 4.69) is 17.4 Å². The molecule has 1 amide bonds. The van der Waals surface area contributed by atoms with Gasteiger partial charge in [0.05, 0.1) is 18.8 Å². The number of carbonyl (C=O) groups excluding carboxylic acids is 1. The molecule has 30 heavy (non-hydrogen) atoms. The van der Waals surface area contributed by atoms with Crippen LogP contribution < -0.4 is 14.8 Å². The first-order chi connectivity index (χ1) is 14.8. The van der Waals surface area contributed by atoms with Crippen LogP contribution in [0.15, 0.2) is 78.9 Å². The molecule has 0 saturated heterocycles. The van der Waals surface area contributed by atoms with Crippen molar-refractivity contribution in [2.45, 2.75) is 13.3 Å². The van der Waals surface area contributed by atoms with E-state index in [0.717, 1.165) is 6.42 Å². The SMILES string of the molecule is CCOCCOc1cccc(NC(=O)c2ccccc2OCCc2ccccc2)c1. The number of para-hydroxylation sites is 1. The Balaban J connectivity index is 1.59. The fourth-order valence-electron chi connectivity index (χ4n) is 2.93. The van der Waals surface area contributed by atoms with E-state index in [4.69, 9.17) is 14.2 Å². The predicted octanol–water partition coefficient (Wildman–Crippen LogP) is 4.98. The van der Waals surface area contributed by atoms with Crippen molar-refractivity contribution < 1.29 is 19.0 Å². The Bertz CT molecular complexity index is 927. The van der Waals surface area contributed by atoms with E-state index in [1.165, 1.54) is 5.56 Å². The zero-order valence-electron chi connectivity index (χ0n) is 17.2. The van der Waals surface area contributed by atoms with E-state index in [9.17, 15) is 4.79 Å². The largest absolute Gasteiger partial charge is 0.492 e. The highest BCUT2D eigenvalue weighted by atomic mass is 16.5. The number of rotatable bonds is 11. The van der Waals surface area contributed by atoms with Crippen molar-refractivity contribution in [3.05, 3.63) is 90.0 Å². The van der Waals surface area contributed by atoms with Gasteiger partial charge in [-0.05, 0) is 36.8 Å². The molecule has 5 nitrogen and oxygen atoms in total. The van der Waals surface area contributed by atoms with Gasteiger partial charge in [-0.15, -0.1) is 0 Å². The summed E-state index contributed by atoms with van der Waals surface area (Å²) < 4.78 is 16.8. The Morgan fingerprint density at radius 2 is 1.63 bits per heavy atom. The highest BCUT2D eigenvalue weighted by Gasteiger charge is 2.13. The molecule has 0 aromatic heterocycles. The molecular formula is C25H27NO4. The maximum absolute atomic E-state index is 12.8. The van der Waals surface area contributed by atoms with Crippen molar-refractivity contribution in [1.82, 2.24) is 0 Å². The van der Waals surface area contributed by atoms with Crippen molar-refractivity contribution in [2.75, 3.05) is 31.7 Å². The lowest BCUT2D eigenvalue weighted by atomic mass is 10.1. The molecule has 3 aromatic rings. The van der Waals surface area contributed by atoms with Gasteiger partial charge in [-0.1, -0.05) is 48.5 Å². The molecule has 0 aliphatic rings. The summed E-state index contributed by atoms with van der Waals surface area (Å²) in [5, 5.41) is 2.92. The lowest BCUT2D eigenvalue weighted by molar-refractivity contribution is 0.102. The van der Waals surface area contributed by atoms with Crippen LogP contribution in [0, 0.1) is 0 Å². The minimum Gasteiger partial charge on any atom is -0.492 e. The van der Waals surface area contributed by atoms with Crippen LogP contribution in [0.2, 0.25) is 0 Å². The Labute approximate surface area is 177 Å². The average Bonchev–Trinajstić information content (AvgIpc) is 2.78. The number of ether oxygens (including phenoxy) is 3. The third-order valence-corrected chi connectivity index (χ3v) is 4.42.